The van der Waals surface area contributed by atoms with E-state index in [0.717, 1.165) is 56.9 Å². The van der Waals surface area contributed by atoms with Crippen molar-refractivity contribution in [2.24, 2.45) is 5.92 Å². The Balaban J connectivity index is 1.84. The van der Waals surface area contributed by atoms with E-state index in [1.165, 1.54) is 6.42 Å². The Morgan fingerprint density at radius 3 is 2.94 bits per heavy atom. The van der Waals surface area contributed by atoms with Gasteiger partial charge >= 0.3 is 0 Å². The number of nitrogens with zero attached hydrogens (tertiary/aromatic N) is 1. The molecule has 1 aliphatic heterocycles. The second-order valence-electron chi connectivity index (χ2n) is 5.78. The fraction of sp³-hybridized carbons (Fsp3) is 0.929. The third kappa shape index (κ3) is 3.27. The Hall–Kier alpha value is -0.0900. The SMILES string of the molecule is O=C(CCCCBr)N1CCC2(O)CCCCC2C1. The van der Waals surface area contributed by atoms with Crippen LogP contribution in [0, 0.1) is 5.92 Å². The first-order valence-corrected chi connectivity index (χ1v) is 8.34. The second kappa shape index (κ2) is 6.38. The number of piperidine rings is 1. The lowest BCUT2D eigenvalue weighted by atomic mass is 9.71. The number of unbranched alkanes of at least 4 members (excludes halogenated alkanes) is 1. The minimum absolute atomic E-state index is 0.281. The zero-order valence-electron chi connectivity index (χ0n) is 11.0. The van der Waals surface area contributed by atoms with Gasteiger partial charge in [-0.1, -0.05) is 28.8 Å². The summed E-state index contributed by atoms with van der Waals surface area (Å²) in [4.78, 5) is 14.1. The minimum atomic E-state index is -0.467. The van der Waals surface area contributed by atoms with E-state index in [1.54, 1.807) is 0 Å². The lowest BCUT2D eigenvalue weighted by Crippen LogP contribution is -2.54. The average molecular weight is 318 g/mol. The van der Waals surface area contributed by atoms with Gasteiger partial charge in [0.2, 0.25) is 5.91 Å². The zero-order valence-corrected chi connectivity index (χ0v) is 12.6. The van der Waals surface area contributed by atoms with Crippen LogP contribution in [0.15, 0.2) is 0 Å². The van der Waals surface area contributed by atoms with Crippen molar-refractivity contribution in [3.05, 3.63) is 0 Å². The molecular weight excluding hydrogens is 294 g/mol. The smallest absolute Gasteiger partial charge is 0.222 e. The highest BCUT2D eigenvalue weighted by Crippen LogP contribution is 2.39. The highest BCUT2D eigenvalue weighted by Gasteiger charge is 2.43. The van der Waals surface area contributed by atoms with Gasteiger partial charge in [-0.15, -0.1) is 0 Å². The molecular formula is C14H24BrNO2. The fourth-order valence-corrected chi connectivity index (χ4v) is 3.72. The number of carbonyl (C=O) groups is 1. The van der Waals surface area contributed by atoms with Gasteiger partial charge in [0.15, 0.2) is 0 Å². The monoisotopic (exact) mass is 317 g/mol. The van der Waals surface area contributed by atoms with Gasteiger partial charge in [0.05, 0.1) is 5.60 Å². The molecule has 2 atom stereocenters. The Kier molecular flexibility index (Phi) is 5.07. The largest absolute Gasteiger partial charge is 0.389 e. The first kappa shape index (κ1) is 14.3. The summed E-state index contributed by atoms with van der Waals surface area (Å²) >= 11 is 3.39. The number of carbonyl (C=O) groups excluding carboxylic acids is 1. The van der Waals surface area contributed by atoms with Crippen LogP contribution in [0.3, 0.4) is 0 Å². The number of halogens is 1. The van der Waals surface area contributed by atoms with E-state index in [1.807, 2.05) is 4.90 Å². The highest BCUT2D eigenvalue weighted by molar-refractivity contribution is 9.09. The van der Waals surface area contributed by atoms with Gasteiger partial charge in [-0.05, 0) is 32.1 Å². The predicted octanol–water partition coefficient (Wildman–Crippen LogP) is 2.71. The number of hydrogen-bond donors (Lipinski definition) is 1. The van der Waals surface area contributed by atoms with Gasteiger partial charge in [0.1, 0.15) is 0 Å². The molecule has 0 aromatic rings. The topological polar surface area (TPSA) is 40.5 Å². The molecule has 2 fully saturated rings. The maximum Gasteiger partial charge on any atom is 0.222 e. The molecule has 2 aliphatic rings. The number of aliphatic hydroxyl groups is 1. The summed E-state index contributed by atoms with van der Waals surface area (Å²) in [5, 5.41) is 11.5. The van der Waals surface area contributed by atoms with Crippen LogP contribution in [0.2, 0.25) is 0 Å². The summed E-state index contributed by atoms with van der Waals surface area (Å²) in [6, 6.07) is 0. The molecule has 1 N–H and O–H groups in total. The Morgan fingerprint density at radius 2 is 2.17 bits per heavy atom. The molecule has 2 unspecified atom stereocenters. The molecule has 1 saturated heterocycles. The highest BCUT2D eigenvalue weighted by atomic mass is 79.9. The zero-order chi connectivity index (χ0) is 13.0. The van der Waals surface area contributed by atoms with Crippen molar-refractivity contribution < 1.29 is 9.90 Å². The number of alkyl halides is 1. The second-order valence-corrected chi connectivity index (χ2v) is 6.58. The molecule has 18 heavy (non-hydrogen) atoms. The molecule has 104 valence electrons. The van der Waals surface area contributed by atoms with Crippen LogP contribution in [0.5, 0.6) is 0 Å². The van der Waals surface area contributed by atoms with E-state index in [9.17, 15) is 9.90 Å². The minimum Gasteiger partial charge on any atom is -0.389 e. The molecule has 0 radical (unpaired) electrons. The van der Waals surface area contributed by atoms with Gasteiger partial charge in [-0.3, -0.25) is 4.79 Å². The molecule has 3 nitrogen and oxygen atoms in total. The molecule has 0 spiro atoms. The Labute approximate surface area is 118 Å². The van der Waals surface area contributed by atoms with Gasteiger partial charge in [0.25, 0.3) is 0 Å². The van der Waals surface area contributed by atoms with Crippen molar-refractivity contribution >= 4 is 21.8 Å². The van der Waals surface area contributed by atoms with Crippen molar-refractivity contribution in [2.45, 2.75) is 57.0 Å². The summed E-state index contributed by atoms with van der Waals surface area (Å²) in [5.41, 5.74) is -0.467. The van der Waals surface area contributed by atoms with Gasteiger partial charge in [0, 0.05) is 30.8 Å². The normalized spacial score (nSPS) is 32.1. The van der Waals surface area contributed by atoms with Crippen LogP contribution in [-0.2, 0) is 4.79 Å². The number of amides is 1. The van der Waals surface area contributed by atoms with Crippen LogP contribution in [0.4, 0.5) is 0 Å². The standard InChI is InChI=1S/C14H24BrNO2/c15-9-4-2-6-13(17)16-10-8-14(18)7-3-1-5-12(14)11-16/h12,18H,1-11H2. The molecule has 0 aromatic heterocycles. The van der Waals surface area contributed by atoms with Gasteiger partial charge in [-0.2, -0.15) is 0 Å². The quantitative estimate of drug-likeness (QED) is 0.639. The van der Waals surface area contributed by atoms with E-state index in [-0.39, 0.29) is 5.91 Å². The van der Waals surface area contributed by atoms with Crippen molar-refractivity contribution in [3.8, 4) is 0 Å². The maximum absolute atomic E-state index is 12.1. The van der Waals surface area contributed by atoms with E-state index in [0.29, 0.717) is 12.3 Å². The lowest BCUT2D eigenvalue weighted by Gasteiger charge is -2.47. The van der Waals surface area contributed by atoms with Crippen molar-refractivity contribution in [1.29, 1.82) is 0 Å². The Morgan fingerprint density at radius 1 is 1.33 bits per heavy atom. The van der Waals surface area contributed by atoms with Gasteiger partial charge in [-0.25, -0.2) is 0 Å². The first-order chi connectivity index (χ1) is 8.65. The summed E-state index contributed by atoms with van der Waals surface area (Å²) < 4.78 is 0. The summed E-state index contributed by atoms with van der Waals surface area (Å²) in [6.45, 7) is 1.53. The van der Waals surface area contributed by atoms with Crippen LogP contribution in [-0.4, -0.2) is 39.9 Å². The Bertz CT molecular complexity index is 298. The van der Waals surface area contributed by atoms with Crippen LogP contribution >= 0.6 is 15.9 Å². The molecule has 1 aliphatic carbocycles. The summed E-state index contributed by atoms with van der Waals surface area (Å²) in [6.07, 6.45) is 7.84. The first-order valence-electron chi connectivity index (χ1n) is 7.22. The van der Waals surface area contributed by atoms with E-state index in [2.05, 4.69) is 15.9 Å². The van der Waals surface area contributed by atoms with Crippen LogP contribution < -0.4 is 0 Å². The molecule has 4 heteroatoms. The van der Waals surface area contributed by atoms with Crippen LogP contribution in [0.25, 0.3) is 0 Å². The molecule has 0 bridgehead atoms. The van der Waals surface area contributed by atoms with Crippen LogP contribution in [0.1, 0.15) is 51.4 Å². The molecule has 2 rings (SSSR count). The predicted molar refractivity (Wildman–Crippen MR) is 75.7 cm³/mol. The van der Waals surface area contributed by atoms with E-state index < -0.39 is 5.60 Å². The molecule has 1 saturated carbocycles. The summed E-state index contributed by atoms with van der Waals surface area (Å²) in [7, 11) is 0. The number of fused-ring (bicyclic) bond motifs is 1. The van der Waals surface area contributed by atoms with Crippen molar-refractivity contribution in [1.82, 2.24) is 4.90 Å². The maximum atomic E-state index is 12.1. The number of rotatable bonds is 4. The van der Waals surface area contributed by atoms with Gasteiger partial charge < -0.3 is 10.0 Å². The number of likely N-dealkylation sites (tertiary alicyclic amines) is 1. The lowest BCUT2D eigenvalue weighted by molar-refractivity contribution is -0.143. The third-order valence-electron chi connectivity index (χ3n) is 4.55. The van der Waals surface area contributed by atoms with Crippen molar-refractivity contribution in [3.63, 3.8) is 0 Å². The number of hydrogen-bond acceptors (Lipinski definition) is 2. The molecule has 1 amide bonds. The average Bonchev–Trinajstić information content (AvgIpc) is 2.37. The van der Waals surface area contributed by atoms with Crippen molar-refractivity contribution in [2.75, 3.05) is 18.4 Å². The fourth-order valence-electron chi connectivity index (χ4n) is 3.33. The molecule has 1 heterocycles. The van der Waals surface area contributed by atoms with E-state index >= 15 is 0 Å². The molecule has 0 aromatic carbocycles. The third-order valence-corrected chi connectivity index (χ3v) is 5.12. The van der Waals surface area contributed by atoms with E-state index in [4.69, 9.17) is 0 Å². The summed E-state index contributed by atoms with van der Waals surface area (Å²) in [5.74, 6) is 0.601.